The highest BCUT2D eigenvalue weighted by molar-refractivity contribution is 5.75. The van der Waals surface area contributed by atoms with Gasteiger partial charge < -0.3 is 9.80 Å². The minimum Gasteiger partial charge on any atom is -0.325 e. The van der Waals surface area contributed by atoms with E-state index in [0.29, 0.717) is 6.04 Å². The van der Waals surface area contributed by atoms with E-state index in [1.54, 1.807) is 0 Å². The fourth-order valence-corrected chi connectivity index (χ4v) is 3.62. The van der Waals surface area contributed by atoms with Crippen LogP contribution < -0.4 is 0 Å². The molecule has 2 saturated heterocycles. The molecule has 1 unspecified atom stereocenters. The number of benzene rings is 1. The van der Waals surface area contributed by atoms with Crippen LogP contribution in [-0.2, 0) is 6.42 Å². The summed E-state index contributed by atoms with van der Waals surface area (Å²) in [6.07, 6.45) is 8.17. The SMILES string of the molecule is O=C(N1CCCCC1)N1CCCCC1Cc1ccccc1. The van der Waals surface area contributed by atoms with E-state index < -0.39 is 0 Å². The molecule has 0 aliphatic carbocycles. The first-order chi connectivity index (χ1) is 10.3. The zero-order valence-corrected chi connectivity index (χ0v) is 12.8. The standard InChI is InChI=1S/C18H26N2O/c21-18(19-12-6-2-7-13-19)20-14-8-5-11-17(20)15-16-9-3-1-4-10-16/h1,3-4,9-10,17H,2,5-8,11-15H2. The molecule has 0 saturated carbocycles. The molecule has 0 bridgehead atoms. The number of carbonyl (C=O) groups excluding carboxylic acids is 1. The van der Waals surface area contributed by atoms with Crippen molar-refractivity contribution < 1.29 is 4.79 Å². The summed E-state index contributed by atoms with van der Waals surface area (Å²) in [7, 11) is 0. The number of amides is 2. The Hall–Kier alpha value is -1.51. The van der Waals surface area contributed by atoms with Crippen LogP contribution in [0.3, 0.4) is 0 Å². The molecule has 2 heterocycles. The van der Waals surface area contributed by atoms with Gasteiger partial charge in [0.05, 0.1) is 0 Å². The molecular formula is C18H26N2O. The van der Waals surface area contributed by atoms with E-state index in [1.165, 1.54) is 31.2 Å². The normalized spacial score (nSPS) is 23.1. The molecule has 3 rings (SSSR count). The van der Waals surface area contributed by atoms with Gasteiger partial charge in [0.2, 0.25) is 0 Å². The number of rotatable bonds is 2. The molecule has 2 fully saturated rings. The number of likely N-dealkylation sites (tertiary alicyclic amines) is 2. The maximum atomic E-state index is 12.8. The summed E-state index contributed by atoms with van der Waals surface area (Å²) in [6, 6.07) is 11.3. The van der Waals surface area contributed by atoms with Crippen molar-refractivity contribution >= 4 is 6.03 Å². The highest BCUT2D eigenvalue weighted by Crippen LogP contribution is 2.23. The van der Waals surface area contributed by atoms with Crippen molar-refractivity contribution in [2.45, 2.75) is 51.0 Å². The van der Waals surface area contributed by atoms with Crippen LogP contribution in [0, 0.1) is 0 Å². The summed E-state index contributed by atoms with van der Waals surface area (Å²) in [6.45, 7) is 2.84. The number of urea groups is 1. The quantitative estimate of drug-likeness (QED) is 0.813. The Morgan fingerprint density at radius 3 is 2.43 bits per heavy atom. The van der Waals surface area contributed by atoms with Crippen molar-refractivity contribution in [1.29, 1.82) is 0 Å². The molecule has 1 atom stereocenters. The van der Waals surface area contributed by atoms with Crippen LogP contribution in [0.5, 0.6) is 0 Å². The minimum absolute atomic E-state index is 0.287. The lowest BCUT2D eigenvalue weighted by Crippen LogP contribution is -2.52. The van der Waals surface area contributed by atoms with E-state index in [-0.39, 0.29) is 6.03 Å². The first kappa shape index (κ1) is 14.4. The van der Waals surface area contributed by atoms with Gasteiger partial charge in [0, 0.05) is 25.7 Å². The Morgan fingerprint density at radius 2 is 1.67 bits per heavy atom. The van der Waals surface area contributed by atoms with Crippen LogP contribution in [0.1, 0.15) is 44.1 Å². The molecule has 2 amide bonds. The third-order valence-corrected chi connectivity index (χ3v) is 4.81. The molecule has 0 N–H and O–H groups in total. The fraction of sp³-hybridized carbons (Fsp3) is 0.611. The molecule has 3 heteroatoms. The highest BCUT2D eigenvalue weighted by Gasteiger charge is 2.30. The summed E-state index contributed by atoms with van der Waals surface area (Å²) < 4.78 is 0. The first-order valence-corrected chi connectivity index (χ1v) is 8.44. The van der Waals surface area contributed by atoms with Gasteiger partial charge in [0.15, 0.2) is 0 Å². The minimum atomic E-state index is 0.287. The lowest BCUT2D eigenvalue weighted by atomic mass is 9.96. The van der Waals surface area contributed by atoms with Gasteiger partial charge in [-0.1, -0.05) is 30.3 Å². The lowest BCUT2D eigenvalue weighted by Gasteiger charge is -2.40. The third kappa shape index (κ3) is 3.58. The Morgan fingerprint density at radius 1 is 0.952 bits per heavy atom. The van der Waals surface area contributed by atoms with Crippen LogP contribution in [0.25, 0.3) is 0 Å². The predicted molar refractivity (Wildman–Crippen MR) is 85.3 cm³/mol. The molecule has 2 aliphatic rings. The first-order valence-electron chi connectivity index (χ1n) is 8.44. The van der Waals surface area contributed by atoms with Crippen LogP contribution in [-0.4, -0.2) is 41.5 Å². The summed E-state index contributed by atoms with van der Waals surface area (Å²) in [5, 5.41) is 0. The number of carbonyl (C=O) groups is 1. The molecule has 3 nitrogen and oxygen atoms in total. The summed E-state index contributed by atoms with van der Waals surface area (Å²) in [5.41, 5.74) is 1.35. The molecule has 114 valence electrons. The van der Waals surface area contributed by atoms with E-state index in [9.17, 15) is 4.79 Å². The molecule has 2 aliphatic heterocycles. The Labute approximate surface area is 127 Å². The van der Waals surface area contributed by atoms with Crippen molar-refractivity contribution in [3.8, 4) is 0 Å². The molecule has 21 heavy (non-hydrogen) atoms. The van der Waals surface area contributed by atoms with Crippen molar-refractivity contribution in [3.63, 3.8) is 0 Å². The van der Waals surface area contributed by atoms with E-state index in [2.05, 4.69) is 40.1 Å². The summed E-state index contributed by atoms with van der Waals surface area (Å²) in [4.78, 5) is 17.0. The monoisotopic (exact) mass is 286 g/mol. The Balaban J connectivity index is 1.67. The van der Waals surface area contributed by atoms with Crippen LogP contribution >= 0.6 is 0 Å². The zero-order chi connectivity index (χ0) is 14.5. The van der Waals surface area contributed by atoms with Gasteiger partial charge in [0.25, 0.3) is 0 Å². The molecule has 0 aromatic heterocycles. The van der Waals surface area contributed by atoms with Gasteiger partial charge in [-0.3, -0.25) is 0 Å². The van der Waals surface area contributed by atoms with Gasteiger partial charge in [0.1, 0.15) is 0 Å². The van der Waals surface area contributed by atoms with Gasteiger partial charge in [-0.05, 0) is 50.5 Å². The van der Waals surface area contributed by atoms with E-state index >= 15 is 0 Å². The van der Waals surface area contributed by atoms with Gasteiger partial charge in [-0.25, -0.2) is 4.79 Å². The van der Waals surface area contributed by atoms with E-state index in [1.807, 2.05) is 0 Å². The topological polar surface area (TPSA) is 23.6 Å². The maximum absolute atomic E-state index is 12.8. The van der Waals surface area contributed by atoms with Crippen molar-refractivity contribution in [2.75, 3.05) is 19.6 Å². The molecule has 1 aromatic rings. The second-order valence-electron chi connectivity index (χ2n) is 6.36. The maximum Gasteiger partial charge on any atom is 0.320 e. The fourth-order valence-electron chi connectivity index (χ4n) is 3.62. The molecule has 0 radical (unpaired) electrons. The Bertz CT molecular complexity index is 454. The zero-order valence-electron chi connectivity index (χ0n) is 12.8. The average Bonchev–Trinajstić information content (AvgIpc) is 2.56. The molecular weight excluding hydrogens is 260 g/mol. The predicted octanol–water partition coefficient (Wildman–Crippen LogP) is 3.69. The van der Waals surface area contributed by atoms with Gasteiger partial charge >= 0.3 is 6.03 Å². The van der Waals surface area contributed by atoms with Gasteiger partial charge in [-0.2, -0.15) is 0 Å². The van der Waals surface area contributed by atoms with Crippen molar-refractivity contribution in [2.24, 2.45) is 0 Å². The highest BCUT2D eigenvalue weighted by atomic mass is 16.2. The van der Waals surface area contributed by atoms with Crippen molar-refractivity contribution in [3.05, 3.63) is 35.9 Å². The van der Waals surface area contributed by atoms with Crippen LogP contribution in [0.15, 0.2) is 30.3 Å². The number of hydrogen-bond acceptors (Lipinski definition) is 1. The van der Waals surface area contributed by atoms with Crippen LogP contribution in [0.2, 0.25) is 0 Å². The number of hydrogen-bond donors (Lipinski definition) is 0. The summed E-state index contributed by atoms with van der Waals surface area (Å²) in [5.74, 6) is 0. The Kier molecular flexibility index (Phi) is 4.79. The van der Waals surface area contributed by atoms with Crippen molar-refractivity contribution in [1.82, 2.24) is 9.80 Å². The largest absolute Gasteiger partial charge is 0.325 e. The smallest absolute Gasteiger partial charge is 0.320 e. The molecule has 1 aromatic carbocycles. The average molecular weight is 286 g/mol. The third-order valence-electron chi connectivity index (χ3n) is 4.81. The number of nitrogens with zero attached hydrogens (tertiary/aromatic N) is 2. The second-order valence-corrected chi connectivity index (χ2v) is 6.36. The van der Waals surface area contributed by atoms with Crippen LogP contribution in [0.4, 0.5) is 4.79 Å². The summed E-state index contributed by atoms with van der Waals surface area (Å²) >= 11 is 0. The lowest BCUT2D eigenvalue weighted by molar-refractivity contribution is 0.108. The molecule has 0 spiro atoms. The van der Waals surface area contributed by atoms with Gasteiger partial charge in [-0.15, -0.1) is 0 Å². The van der Waals surface area contributed by atoms with E-state index in [4.69, 9.17) is 0 Å². The van der Waals surface area contributed by atoms with E-state index in [0.717, 1.165) is 38.9 Å². The number of piperidine rings is 2. The second kappa shape index (κ2) is 6.97.